The van der Waals surface area contributed by atoms with Crippen molar-refractivity contribution in [3.05, 3.63) is 0 Å². The van der Waals surface area contributed by atoms with Gasteiger partial charge in [-0.1, -0.05) is 12.8 Å². The molecular weight excluding hydrogens is 160 g/mol. The second-order valence-corrected chi connectivity index (χ2v) is 4.56. The molecule has 1 unspecified atom stereocenters. The molecule has 0 aromatic rings. The summed E-state index contributed by atoms with van der Waals surface area (Å²) in [5, 5.41) is 0. The van der Waals surface area contributed by atoms with E-state index >= 15 is 0 Å². The van der Waals surface area contributed by atoms with E-state index in [2.05, 4.69) is 25.7 Å². The molecule has 2 nitrogen and oxygen atoms in total. The molecule has 0 aromatic carbocycles. The quantitative estimate of drug-likeness (QED) is 0.724. The van der Waals surface area contributed by atoms with Gasteiger partial charge in [0.1, 0.15) is 0 Å². The smallest absolute Gasteiger partial charge is 0.0195 e. The van der Waals surface area contributed by atoms with Crippen molar-refractivity contribution in [2.24, 2.45) is 5.73 Å². The second-order valence-electron chi connectivity index (χ2n) is 4.56. The zero-order valence-corrected chi connectivity index (χ0v) is 9.29. The van der Waals surface area contributed by atoms with E-state index in [0.29, 0.717) is 12.1 Å². The Labute approximate surface area is 82.5 Å². The number of hydrogen-bond donors (Lipinski definition) is 1. The van der Waals surface area contributed by atoms with Gasteiger partial charge < -0.3 is 5.73 Å². The van der Waals surface area contributed by atoms with Crippen molar-refractivity contribution >= 4 is 0 Å². The summed E-state index contributed by atoms with van der Waals surface area (Å²) < 4.78 is 0. The van der Waals surface area contributed by atoms with Crippen molar-refractivity contribution in [2.75, 3.05) is 6.54 Å². The van der Waals surface area contributed by atoms with E-state index in [0.717, 1.165) is 12.6 Å². The number of rotatable bonds is 4. The second kappa shape index (κ2) is 4.97. The largest absolute Gasteiger partial charge is 0.329 e. The van der Waals surface area contributed by atoms with Crippen LogP contribution in [0.4, 0.5) is 0 Å². The van der Waals surface area contributed by atoms with Crippen molar-refractivity contribution in [1.29, 1.82) is 0 Å². The molecule has 1 rings (SSSR count). The van der Waals surface area contributed by atoms with Gasteiger partial charge in [-0.15, -0.1) is 0 Å². The fraction of sp³-hybridized carbons (Fsp3) is 1.00. The maximum Gasteiger partial charge on any atom is 0.0195 e. The van der Waals surface area contributed by atoms with Gasteiger partial charge in [0.05, 0.1) is 0 Å². The standard InChI is InChI=1S/C11H24N2/c1-9(2)13(10(3)8-12)11-6-4-5-7-11/h9-11H,4-8,12H2,1-3H3. The van der Waals surface area contributed by atoms with Crippen molar-refractivity contribution in [1.82, 2.24) is 4.90 Å². The first kappa shape index (κ1) is 11.0. The van der Waals surface area contributed by atoms with Crippen LogP contribution in [0.25, 0.3) is 0 Å². The Morgan fingerprint density at radius 3 is 2.15 bits per heavy atom. The van der Waals surface area contributed by atoms with Crippen molar-refractivity contribution in [2.45, 2.75) is 64.6 Å². The molecule has 1 atom stereocenters. The predicted molar refractivity (Wildman–Crippen MR) is 57.7 cm³/mol. The van der Waals surface area contributed by atoms with Crippen molar-refractivity contribution in [3.63, 3.8) is 0 Å². The molecule has 0 spiro atoms. The highest BCUT2D eigenvalue weighted by molar-refractivity contribution is 4.83. The zero-order chi connectivity index (χ0) is 9.84. The van der Waals surface area contributed by atoms with E-state index < -0.39 is 0 Å². The first-order valence-corrected chi connectivity index (χ1v) is 5.64. The molecule has 0 aliphatic heterocycles. The maximum atomic E-state index is 5.74. The van der Waals surface area contributed by atoms with Crippen molar-refractivity contribution in [3.8, 4) is 0 Å². The third kappa shape index (κ3) is 2.68. The fourth-order valence-electron chi connectivity index (χ4n) is 2.61. The first-order valence-electron chi connectivity index (χ1n) is 5.64. The number of hydrogen-bond acceptors (Lipinski definition) is 2. The van der Waals surface area contributed by atoms with E-state index in [1.165, 1.54) is 25.7 Å². The van der Waals surface area contributed by atoms with Gasteiger partial charge >= 0.3 is 0 Å². The van der Waals surface area contributed by atoms with E-state index in [9.17, 15) is 0 Å². The Bertz CT molecular complexity index is 139. The highest BCUT2D eigenvalue weighted by Gasteiger charge is 2.27. The highest BCUT2D eigenvalue weighted by Crippen LogP contribution is 2.26. The minimum Gasteiger partial charge on any atom is -0.329 e. The van der Waals surface area contributed by atoms with Gasteiger partial charge in [0, 0.05) is 24.7 Å². The van der Waals surface area contributed by atoms with Gasteiger partial charge in [0.25, 0.3) is 0 Å². The van der Waals surface area contributed by atoms with Crippen molar-refractivity contribution < 1.29 is 0 Å². The van der Waals surface area contributed by atoms with Crippen LogP contribution in [0.5, 0.6) is 0 Å². The summed E-state index contributed by atoms with van der Waals surface area (Å²) in [7, 11) is 0. The lowest BCUT2D eigenvalue weighted by molar-refractivity contribution is 0.110. The van der Waals surface area contributed by atoms with E-state index in [4.69, 9.17) is 5.73 Å². The van der Waals surface area contributed by atoms with Gasteiger partial charge in [0.2, 0.25) is 0 Å². The molecule has 1 saturated carbocycles. The molecule has 0 bridgehead atoms. The fourth-order valence-corrected chi connectivity index (χ4v) is 2.61. The van der Waals surface area contributed by atoms with Crippen LogP contribution in [-0.4, -0.2) is 29.6 Å². The Morgan fingerprint density at radius 1 is 1.23 bits per heavy atom. The lowest BCUT2D eigenvalue weighted by Gasteiger charge is -2.37. The summed E-state index contributed by atoms with van der Waals surface area (Å²) in [5.41, 5.74) is 5.74. The van der Waals surface area contributed by atoms with Crippen LogP contribution in [0.3, 0.4) is 0 Å². The predicted octanol–water partition coefficient (Wildman–Crippen LogP) is 1.99. The van der Waals surface area contributed by atoms with Crippen LogP contribution in [-0.2, 0) is 0 Å². The Morgan fingerprint density at radius 2 is 1.77 bits per heavy atom. The summed E-state index contributed by atoms with van der Waals surface area (Å²) in [6.45, 7) is 7.60. The van der Waals surface area contributed by atoms with E-state index in [1.54, 1.807) is 0 Å². The minimum absolute atomic E-state index is 0.545. The van der Waals surface area contributed by atoms with Crippen LogP contribution in [0.1, 0.15) is 46.5 Å². The SMILES string of the molecule is CC(C)N(C(C)CN)C1CCCC1. The summed E-state index contributed by atoms with van der Waals surface area (Å²) in [5.74, 6) is 0. The Kier molecular flexibility index (Phi) is 4.20. The summed E-state index contributed by atoms with van der Waals surface area (Å²) in [6.07, 6.45) is 5.57. The van der Waals surface area contributed by atoms with Gasteiger partial charge in [-0.3, -0.25) is 4.90 Å². The van der Waals surface area contributed by atoms with E-state index in [1.807, 2.05) is 0 Å². The summed E-state index contributed by atoms with van der Waals surface area (Å²) in [6, 6.07) is 1.99. The van der Waals surface area contributed by atoms with Crippen LogP contribution in [0.2, 0.25) is 0 Å². The van der Waals surface area contributed by atoms with Crippen LogP contribution >= 0.6 is 0 Å². The highest BCUT2D eigenvalue weighted by atomic mass is 15.2. The van der Waals surface area contributed by atoms with Crippen LogP contribution in [0.15, 0.2) is 0 Å². The molecule has 0 amide bonds. The minimum atomic E-state index is 0.545. The average Bonchev–Trinajstić information content (AvgIpc) is 2.56. The lowest BCUT2D eigenvalue weighted by atomic mass is 10.1. The van der Waals surface area contributed by atoms with E-state index in [-0.39, 0.29) is 0 Å². The molecule has 2 heteroatoms. The van der Waals surface area contributed by atoms with Crippen LogP contribution < -0.4 is 5.73 Å². The average molecular weight is 184 g/mol. The van der Waals surface area contributed by atoms with Gasteiger partial charge in [0.15, 0.2) is 0 Å². The molecule has 1 aliphatic carbocycles. The molecule has 0 saturated heterocycles. The molecule has 13 heavy (non-hydrogen) atoms. The molecule has 0 aromatic heterocycles. The third-order valence-corrected chi connectivity index (χ3v) is 3.19. The van der Waals surface area contributed by atoms with Gasteiger partial charge in [-0.2, -0.15) is 0 Å². The molecule has 1 aliphatic rings. The Balaban J connectivity index is 2.55. The first-order chi connectivity index (χ1) is 6.16. The number of nitrogens with two attached hydrogens (primary N) is 1. The summed E-state index contributed by atoms with van der Waals surface area (Å²) >= 11 is 0. The normalized spacial score (nSPS) is 21.7. The lowest BCUT2D eigenvalue weighted by Crippen LogP contribution is -2.48. The van der Waals surface area contributed by atoms with Gasteiger partial charge in [-0.25, -0.2) is 0 Å². The maximum absolute atomic E-state index is 5.74. The number of nitrogens with zero attached hydrogens (tertiary/aromatic N) is 1. The third-order valence-electron chi connectivity index (χ3n) is 3.19. The topological polar surface area (TPSA) is 29.3 Å². The molecule has 2 N–H and O–H groups in total. The molecule has 0 heterocycles. The summed E-state index contributed by atoms with van der Waals surface area (Å²) in [4.78, 5) is 2.60. The van der Waals surface area contributed by atoms with Gasteiger partial charge in [-0.05, 0) is 33.6 Å². The molecule has 1 fully saturated rings. The molecule has 78 valence electrons. The Hall–Kier alpha value is -0.0800. The molecule has 0 radical (unpaired) electrons. The van der Waals surface area contributed by atoms with Crippen LogP contribution in [0, 0.1) is 0 Å². The molecular formula is C11H24N2. The monoisotopic (exact) mass is 184 g/mol. The zero-order valence-electron chi connectivity index (χ0n) is 9.29.